The zero-order valence-corrected chi connectivity index (χ0v) is 19.8. The van der Waals surface area contributed by atoms with Crippen molar-refractivity contribution in [1.82, 2.24) is 25.6 Å². The van der Waals surface area contributed by atoms with Crippen LogP contribution >= 0.6 is 0 Å². The number of Topliss-reactive ketones (excluding diaryl/α,β-unsaturated/α-hetero) is 1. The molecule has 0 radical (unpaired) electrons. The molecule has 1 amide bonds. The summed E-state index contributed by atoms with van der Waals surface area (Å²) in [4.78, 5) is 37.5. The van der Waals surface area contributed by atoms with Gasteiger partial charge in [-0.25, -0.2) is 14.8 Å². The third-order valence-corrected chi connectivity index (χ3v) is 6.49. The topological polar surface area (TPSA) is 109 Å². The van der Waals surface area contributed by atoms with Crippen LogP contribution in [0.2, 0.25) is 0 Å². The van der Waals surface area contributed by atoms with Gasteiger partial charge in [0.25, 0.3) is 0 Å². The monoisotopic (exact) mass is 449 g/mol. The Labute approximate surface area is 193 Å². The lowest BCUT2D eigenvalue weighted by Gasteiger charge is -2.36. The Morgan fingerprint density at radius 1 is 1.21 bits per heavy atom. The van der Waals surface area contributed by atoms with Crippen LogP contribution < -0.4 is 10.6 Å². The number of fused-ring (bicyclic) bond motifs is 1. The first kappa shape index (κ1) is 22.9. The van der Waals surface area contributed by atoms with Gasteiger partial charge in [-0.3, -0.25) is 4.79 Å². The molecule has 0 bridgehead atoms. The first-order valence-electron chi connectivity index (χ1n) is 11.2. The molecule has 0 saturated carbocycles. The number of rotatable bonds is 5. The molecule has 1 fully saturated rings. The molecule has 8 heteroatoms. The number of amides is 1. The Balaban J connectivity index is 1.76. The molecule has 3 N–H and O–H groups in total. The Kier molecular flexibility index (Phi) is 5.97. The number of aromatic amines is 1. The highest BCUT2D eigenvalue weighted by Gasteiger charge is 2.39. The number of nitrogens with zero attached hydrogens (tertiary/aromatic N) is 2. The van der Waals surface area contributed by atoms with Crippen LogP contribution in [-0.4, -0.2) is 47.0 Å². The number of alkyl carbamates (subject to hydrolysis) is 1. The molecule has 1 saturated heterocycles. The van der Waals surface area contributed by atoms with Crippen LogP contribution in [0.4, 0.5) is 4.79 Å². The fourth-order valence-corrected chi connectivity index (χ4v) is 4.43. The van der Waals surface area contributed by atoms with Gasteiger partial charge in [0.05, 0.1) is 30.1 Å². The molecule has 1 aliphatic heterocycles. The lowest BCUT2D eigenvalue weighted by Crippen LogP contribution is -2.49. The number of methoxy groups -OCH3 is 1. The van der Waals surface area contributed by atoms with E-state index in [2.05, 4.69) is 20.6 Å². The standard InChI is InChI=1S/C25H31N5O3/c1-24(2,3)21(31)18-13-27-22-20(18)29-19(14-28-22)15-7-6-8-16(11-15)25(4,30-23(32)33-5)17-9-10-26-12-17/h6-8,11,13-14,17,26H,9-10,12H2,1-5H3,(H,27,28)(H,30,32). The highest BCUT2D eigenvalue weighted by atomic mass is 16.5. The van der Waals surface area contributed by atoms with E-state index in [1.54, 1.807) is 12.4 Å². The predicted molar refractivity (Wildman–Crippen MR) is 127 cm³/mol. The maximum absolute atomic E-state index is 12.9. The molecule has 4 rings (SSSR count). The molecule has 3 heterocycles. The molecule has 2 aromatic heterocycles. The zero-order chi connectivity index (χ0) is 23.8. The number of carbonyl (C=O) groups excluding carboxylic acids is 2. The number of ether oxygens (including phenoxy) is 1. The van der Waals surface area contributed by atoms with Gasteiger partial charge in [-0.2, -0.15) is 0 Å². The number of hydrogen-bond acceptors (Lipinski definition) is 6. The van der Waals surface area contributed by atoms with Crippen molar-refractivity contribution >= 4 is 23.0 Å². The van der Waals surface area contributed by atoms with E-state index >= 15 is 0 Å². The number of benzene rings is 1. The molecule has 3 aromatic rings. The SMILES string of the molecule is COC(=O)NC(C)(c1cccc(-c2cnc3[nH]cc(C(=O)C(C)(C)C)c3n2)c1)C1CCNC1. The van der Waals surface area contributed by atoms with Gasteiger partial charge in [0, 0.05) is 23.7 Å². The maximum atomic E-state index is 12.9. The second-order valence-electron chi connectivity index (χ2n) is 9.82. The lowest BCUT2D eigenvalue weighted by atomic mass is 9.78. The average molecular weight is 450 g/mol. The number of nitrogens with one attached hydrogen (secondary N) is 3. The zero-order valence-electron chi connectivity index (χ0n) is 19.8. The minimum Gasteiger partial charge on any atom is -0.453 e. The summed E-state index contributed by atoms with van der Waals surface area (Å²) in [5.41, 5.74) is 3.02. The van der Waals surface area contributed by atoms with Gasteiger partial charge in [0.15, 0.2) is 11.4 Å². The Morgan fingerprint density at radius 3 is 2.67 bits per heavy atom. The summed E-state index contributed by atoms with van der Waals surface area (Å²) in [6.07, 6.45) is 3.86. The van der Waals surface area contributed by atoms with Crippen molar-refractivity contribution in [3.05, 3.63) is 47.8 Å². The summed E-state index contributed by atoms with van der Waals surface area (Å²) in [5, 5.41) is 6.44. The highest BCUT2D eigenvalue weighted by molar-refractivity contribution is 6.08. The van der Waals surface area contributed by atoms with Gasteiger partial charge in [-0.1, -0.05) is 39.0 Å². The van der Waals surface area contributed by atoms with Crippen molar-refractivity contribution in [3.63, 3.8) is 0 Å². The number of ketones is 1. The van der Waals surface area contributed by atoms with Gasteiger partial charge in [0.1, 0.15) is 5.52 Å². The maximum Gasteiger partial charge on any atom is 0.407 e. The second-order valence-corrected chi connectivity index (χ2v) is 9.82. The van der Waals surface area contributed by atoms with E-state index in [4.69, 9.17) is 9.72 Å². The third-order valence-electron chi connectivity index (χ3n) is 6.49. The summed E-state index contributed by atoms with van der Waals surface area (Å²) in [6.45, 7) is 9.41. The molecule has 2 unspecified atom stereocenters. The lowest BCUT2D eigenvalue weighted by molar-refractivity contribution is 0.0860. The van der Waals surface area contributed by atoms with Crippen molar-refractivity contribution in [2.45, 2.75) is 39.7 Å². The van der Waals surface area contributed by atoms with Crippen LogP contribution in [0.25, 0.3) is 22.4 Å². The van der Waals surface area contributed by atoms with Crippen LogP contribution in [0, 0.1) is 11.3 Å². The van der Waals surface area contributed by atoms with Crippen LogP contribution in [-0.2, 0) is 10.3 Å². The number of aromatic nitrogens is 3. The van der Waals surface area contributed by atoms with Crippen molar-refractivity contribution in [3.8, 4) is 11.3 Å². The summed E-state index contributed by atoms with van der Waals surface area (Å²) in [5.74, 6) is 0.221. The number of carbonyl (C=O) groups is 2. The van der Waals surface area contributed by atoms with Crippen molar-refractivity contribution in [2.24, 2.45) is 11.3 Å². The predicted octanol–water partition coefficient (Wildman–Crippen LogP) is 4.03. The number of hydrogen-bond donors (Lipinski definition) is 3. The molecule has 1 aliphatic rings. The van der Waals surface area contributed by atoms with Gasteiger partial charge in [-0.15, -0.1) is 0 Å². The van der Waals surface area contributed by atoms with E-state index in [0.29, 0.717) is 22.4 Å². The smallest absolute Gasteiger partial charge is 0.407 e. The van der Waals surface area contributed by atoms with Crippen molar-refractivity contribution in [2.75, 3.05) is 20.2 Å². The molecule has 2 atom stereocenters. The fourth-order valence-electron chi connectivity index (χ4n) is 4.43. The van der Waals surface area contributed by atoms with Crippen LogP contribution in [0.1, 0.15) is 50.0 Å². The Bertz CT molecular complexity index is 1190. The van der Waals surface area contributed by atoms with Crippen LogP contribution in [0.3, 0.4) is 0 Å². The first-order valence-corrected chi connectivity index (χ1v) is 11.2. The van der Waals surface area contributed by atoms with E-state index in [9.17, 15) is 9.59 Å². The van der Waals surface area contributed by atoms with Gasteiger partial charge in [-0.05, 0) is 37.4 Å². The molecule has 8 nitrogen and oxygen atoms in total. The second kappa shape index (κ2) is 8.59. The fraction of sp³-hybridized carbons (Fsp3) is 0.440. The molecular weight excluding hydrogens is 418 g/mol. The first-order chi connectivity index (χ1) is 15.6. The largest absolute Gasteiger partial charge is 0.453 e. The van der Waals surface area contributed by atoms with Gasteiger partial charge < -0.3 is 20.4 Å². The van der Waals surface area contributed by atoms with E-state index in [1.165, 1.54) is 7.11 Å². The van der Waals surface area contributed by atoms with Crippen molar-refractivity contribution in [1.29, 1.82) is 0 Å². The minimum absolute atomic E-state index is 0.0116. The molecule has 174 valence electrons. The third kappa shape index (κ3) is 4.35. The summed E-state index contributed by atoms with van der Waals surface area (Å²) < 4.78 is 4.92. The van der Waals surface area contributed by atoms with Crippen molar-refractivity contribution < 1.29 is 14.3 Å². The molecule has 33 heavy (non-hydrogen) atoms. The Morgan fingerprint density at radius 2 is 2.00 bits per heavy atom. The van der Waals surface area contributed by atoms with Gasteiger partial charge >= 0.3 is 6.09 Å². The quantitative estimate of drug-likeness (QED) is 0.508. The van der Waals surface area contributed by atoms with Crippen LogP contribution in [0.5, 0.6) is 0 Å². The van der Waals surface area contributed by atoms with E-state index in [0.717, 1.165) is 30.6 Å². The van der Waals surface area contributed by atoms with E-state index in [-0.39, 0.29) is 11.7 Å². The van der Waals surface area contributed by atoms with E-state index < -0.39 is 17.0 Å². The average Bonchev–Trinajstić information content (AvgIpc) is 3.48. The highest BCUT2D eigenvalue weighted by Crippen LogP contribution is 2.35. The molecule has 1 aromatic carbocycles. The molecule has 0 aliphatic carbocycles. The summed E-state index contributed by atoms with van der Waals surface area (Å²) in [6, 6.07) is 7.95. The summed E-state index contributed by atoms with van der Waals surface area (Å²) >= 11 is 0. The van der Waals surface area contributed by atoms with Gasteiger partial charge in [0.2, 0.25) is 0 Å². The number of H-pyrrole nitrogens is 1. The Hall–Kier alpha value is -3.26. The molecular formula is C25H31N5O3. The normalized spacial score (nSPS) is 18.2. The van der Waals surface area contributed by atoms with E-state index in [1.807, 2.05) is 52.0 Å². The minimum atomic E-state index is -0.619. The molecule has 0 spiro atoms. The summed E-state index contributed by atoms with van der Waals surface area (Å²) in [7, 11) is 1.37. The van der Waals surface area contributed by atoms with Crippen LogP contribution in [0.15, 0.2) is 36.7 Å².